The van der Waals surface area contributed by atoms with E-state index >= 15 is 0 Å². The van der Waals surface area contributed by atoms with Crippen LogP contribution in [-0.2, 0) is 0 Å². The van der Waals surface area contributed by atoms with Crippen molar-refractivity contribution in [3.63, 3.8) is 0 Å². The fraction of sp³-hybridized carbons (Fsp3) is 0.133. The summed E-state index contributed by atoms with van der Waals surface area (Å²) in [6, 6.07) is 16.4. The molecule has 0 aliphatic heterocycles. The van der Waals surface area contributed by atoms with Gasteiger partial charge in [-0.25, -0.2) is 0 Å². The van der Waals surface area contributed by atoms with E-state index in [0.29, 0.717) is 0 Å². The molecule has 0 heterocycles. The van der Waals surface area contributed by atoms with Crippen molar-refractivity contribution in [1.82, 2.24) is 0 Å². The van der Waals surface area contributed by atoms with Crippen LogP contribution >= 0.6 is 0 Å². The van der Waals surface area contributed by atoms with Gasteiger partial charge in [-0.3, -0.25) is 0 Å². The second-order valence-corrected chi connectivity index (χ2v) is 3.93. The number of hydrogen-bond acceptors (Lipinski definition) is 3. The van der Waals surface area contributed by atoms with E-state index in [0.717, 1.165) is 16.9 Å². The molecule has 0 amide bonds. The second kappa shape index (κ2) is 5.24. The van der Waals surface area contributed by atoms with Gasteiger partial charge in [0.2, 0.25) is 0 Å². The Labute approximate surface area is 106 Å². The van der Waals surface area contributed by atoms with Crippen LogP contribution in [0.3, 0.4) is 0 Å². The number of rotatable bonds is 3. The molecule has 2 aromatic rings. The summed E-state index contributed by atoms with van der Waals surface area (Å²) in [6.07, 6.45) is 0. The average molecular weight is 239 g/mol. The highest BCUT2D eigenvalue weighted by atomic mass is 16.5. The first kappa shape index (κ1) is 12.0. The van der Waals surface area contributed by atoms with E-state index in [1.165, 1.54) is 0 Å². The SMILES string of the molecule is COc1ccc(C(C#N)c2ccc(O)cc2)cc1. The molecule has 1 atom stereocenters. The molecule has 2 rings (SSSR count). The van der Waals surface area contributed by atoms with Gasteiger partial charge in [0.15, 0.2) is 0 Å². The van der Waals surface area contributed by atoms with Crippen LogP contribution in [0.1, 0.15) is 17.0 Å². The summed E-state index contributed by atoms with van der Waals surface area (Å²) in [5.41, 5.74) is 1.77. The molecule has 1 unspecified atom stereocenters. The van der Waals surface area contributed by atoms with Gasteiger partial charge in [-0.05, 0) is 35.4 Å². The number of nitrogens with zero attached hydrogens (tertiary/aromatic N) is 1. The number of ether oxygens (including phenoxy) is 1. The second-order valence-electron chi connectivity index (χ2n) is 3.93. The molecule has 3 nitrogen and oxygen atoms in total. The van der Waals surface area contributed by atoms with Crippen molar-refractivity contribution in [3.05, 3.63) is 59.7 Å². The third-order valence-corrected chi connectivity index (χ3v) is 2.80. The first-order valence-electron chi connectivity index (χ1n) is 5.57. The lowest BCUT2D eigenvalue weighted by Crippen LogP contribution is -1.97. The lowest BCUT2D eigenvalue weighted by Gasteiger charge is -2.10. The lowest BCUT2D eigenvalue weighted by molar-refractivity contribution is 0.414. The van der Waals surface area contributed by atoms with E-state index in [1.807, 2.05) is 24.3 Å². The largest absolute Gasteiger partial charge is 0.508 e. The number of phenols is 1. The Kier molecular flexibility index (Phi) is 3.49. The molecule has 0 fully saturated rings. The summed E-state index contributed by atoms with van der Waals surface area (Å²) < 4.78 is 5.09. The maximum absolute atomic E-state index is 9.28. The molecule has 1 N–H and O–H groups in total. The Bertz CT molecular complexity index is 553. The number of benzene rings is 2. The minimum atomic E-state index is -0.337. The Morgan fingerprint density at radius 1 is 1.00 bits per heavy atom. The van der Waals surface area contributed by atoms with E-state index in [-0.39, 0.29) is 11.7 Å². The summed E-state index contributed by atoms with van der Waals surface area (Å²) >= 11 is 0. The molecule has 0 spiro atoms. The first-order valence-corrected chi connectivity index (χ1v) is 5.57. The van der Waals surface area contributed by atoms with Gasteiger partial charge < -0.3 is 9.84 Å². The molecular formula is C15H13NO2. The Hall–Kier alpha value is -2.47. The zero-order valence-electron chi connectivity index (χ0n) is 10.00. The molecule has 90 valence electrons. The fourth-order valence-electron chi connectivity index (χ4n) is 1.80. The minimum Gasteiger partial charge on any atom is -0.508 e. The molecule has 0 aromatic heterocycles. The molecule has 2 aromatic carbocycles. The van der Waals surface area contributed by atoms with Crippen LogP contribution in [0.25, 0.3) is 0 Å². The van der Waals surface area contributed by atoms with E-state index in [9.17, 15) is 10.4 Å². The molecular weight excluding hydrogens is 226 g/mol. The van der Waals surface area contributed by atoms with Gasteiger partial charge in [-0.1, -0.05) is 24.3 Å². The van der Waals surface area contributed by atoms with E-state index in [4.69, 9.17) is 4.74 Å². The highest BCUT2D eigenvalue weighted by Crippen LogP contribution is 2.26. The van der Waals surface area contributed by atoms with E-state index < -0.39 is 0 Å². The highest BCUT2D eigenvalue weighted by Gasteiger charge is 2.13. The standard InChI is InChI=1S/C15H13NO2/c1-18-14-8-4-12(5-9-14)15(10-16)11-2-6-13(17)7-3-11/h2-9,15,17H,1H3. The maximum Gasteiger partial charge on any atom is 0.118 e. The van der Waals surface area contributed by atoms with Gasteiger partial charge in [-0.2, -0.15) is 5.26 Å². The van der Waals surface area contributed by atoms with Crippen molar-refractivity contribution in [2.45, 2.75) is 5.92 Å². The topological polar surface area (TPSA) is 53.2 Å². The first-order chi connectivity index (χ1) is 8.74. The van der Waals surface area contributed by atoms with Crippen molar-refractivity contribution >= 4 is 0 Å². The fourth-order valence-corrected chi connectivity index (χ4v) is 1.80. The summed E-state index contributed by atoms with van der Waals surface area (Å²) in [4.78, 5) is 0. The van der Waals surface area contributed by atoms with Crippen LogP contribution in [-0.4, -0.2) is 12.2 Å². The number of phenolic OH excluding ortho intramolecular Hbond substituents is 1. The molecule has 0 aliphatic carbocycles. The Balaban J connectivity index is 2.33. The molecule has 0 saturated carbocycles. The van der Waals surface area contributed by atoms with Gasteiger partial charge in [0.1, 0.15) is 11.5 Å². The van der Waals surface area contributed by atoms with Crippen LogP contribution in [0, 0.1) is 11.3 Å². The van der Waals surface area contributed by atoms with Gasteiger partial charge in [-0.15, -0.1) is 0 Å². The molecule has 0 radical (unpaired) electrons. The van der Waals surface area contributed by atoms with Gasteiger partial charge >= 0.3 is 0 Å². The summed E-state index contributed by atoms with van der Waals surface area (Å²) in [5.74, 6) is 0.628. The number of methoxy groups -OCH3 is 1. The van der Waals surface area contributed by atoms with E-state index in [2.05, 4.69) is 6.07 Å². The lowest BCUT2D eigenvalue weighted by atomic mass is 9.92. The smallest absolute Gasteiger partial charge is 0.118 e. The third-order valence-electron chi connectivity index (χ3n) is 2.80. The van der Waals surface area contributed by atoms with Crippen LogP contribution in [0.2, 0.25) is 0 Å². The van der Waals surface area contributed by atoms with Crippen LogP contribution in [0.5, 0.6) is 11.5 Å². The van der Waals surface area contributed by atoms with Crippen molar-refractivity contribution < 1.29 is 9.84 Å². The van der Waals surface area contributed by atoms with Crippen molar-refractivity contribution in [1.29, 1.82) is 5.26 Å². The average Bonchev–Trinajstić information content (AvgIpc) is 2.42. The number of nitriles is 1. The van der Waals surface area contributed by atoms with Crippen LogP contribution in [0.15, 0.2) is 48.5 Å². The van der Waals surface area contributed by atoms with E-state index in [1.54, 1.807) is 31.4 Å². The predicted octanol–water partition coefficient (Wildman–Crippen LogP) is 3.06. The highest BCUT2D eigenvalue weighted by molar-refractivity contribution is 5.41. The third kappa shape index (κ3) is 2.44. The number of aromatic hydroxyl groups is 1. The minimum absolute atomic E-state index is 0.199. The Morgan fingerprint density at radius 3 is 1.94 bits per heavy atom. The molecule has 0 bridgehead atoms. The summed E-state index contributed by atoms with van der Waals surface area (Å²) in [7, 11) is 1.61. The maximum atomic E-state index is 9.28. The molecule has 0 saturated heterocycles. The number of hydrogen-bond donors (Lipinski definition) is 1. The Morgan fingerprint density at radius 2 is 1.50 bits per heavy atom. The molecule has 0 aliphatic rings. The van der Waals surface area contributed by atoms with Gasteiger partial charge in [0, 0.05) is 0 Å². The summed E-state index contributed by atoms with van der Waals surface area (Å²) in [5, 5.41) is 18.5. The quantitative estimate of drug-likeness (QED) is 0.895. The zero-order chi connectivity index (χ0) is 13.0. The molecule has 18 heavy (non-hydrogen) atoms. The normalized spacial score (nSPS) is 11.6. The van der Waals surface area contributed by atoms with Crippen molar-refractivity contribution in [3.8, 4) is 17.6 Å². The zero-order valence-corrected chi connectivity index (χ0v) is 10.00. The van der Waals surface area contributed by atoms with Gasteiger partial charge in [0.05, 0.1) is 19.1 Å². The van der Waals surface area contributed by atoms with Gasteiger partial charge in [0.25, 0.3) is 0 Å². The summed E-state index contributed by atoms with van der Waals surface area (Å²) in [6.45, 7) is 0. The molecule has 3 heteroatoms. The predicted molar refractivity (Wildman–Crippen MR) is 68.6 cm³/mol. The van der Waals surface area contributed by atoms with Crippen LogP contribution < -0.4 is 4.74 Å². The monoisotopic (exact) mass is 239 g/mol. The van der Waals surface area contributed by atoms with Crippen molar-refractivity contribution in [2.75, 3.05) is 7.11 Å². The van der Waals surface area contributed by atoms with Crippen molar-refractivity contribution in [2.24, 2.45) is 0 Å². The van der Waals surface area contributed by atoms with Crippen LogP contribution in [0.4, 0.5) is 0 Å².